The highest BCUT2D eigenvalue weighted by atomic mass is 32.2. The van der Waals surface area contributed by atoms with Crippen LogP contribution < -0.4 is 4.90 Å². The van der Waals surface area contributed by atoms with Crippen LogP contribution in [0.15, 0.2) is 210 Å². The second-order valence-electron chi connectivity index (χ2n) is 16.4. The van der Waals surface area contributed by atoms with E-state index < -0.39 is 5.41 Å². The van der Waals surface area contributed by atoms with Crippen LogP contribution in [0.5, 0.6) is 0 Å². The van der Waals surface area contributed by atoms with Crippen LogP contribution in [0.25, 0.3) is 44.2 Å². The molecular weight excluding hydrogens is 719 g/mol. The first-order valence-corrected chi connectivity index (χ1v) is 21.1. The first-order chi connectivity index (χ1) is 28.5. The molecular formula is C56H39NS. The van der Waals surface area contributed by atoms with Gasteiger partial charge in [0.1, 0.15) is 0 Å². The third-order valence-corrected chi connectivity index (χ3v) is 14.3. The highest BCUT2D eigenvalue weighted by molar-refractivity contribution is 7.99. The number of fused-ring (bicyclic) bond motifs is 14. The van der Waals surface area contributed by atoms with Gasteiger partial charge in [-0.2, -0.15) is 0 Å². The van der Waals surface area contributed by atoms with E-state index in [4.69, 9.17) is 0 Å². The largest absolute Gasteiger partial charge is 0.309 e. The van der Waals surface area contributed by atoms with E-state index in [1.807, 2.05) is 11.8 Å². The minimum atomic E-state index is -0.493. The van der Waals surface area contributed by atoms with Gasteiger partial charge in [-0.15, -0.1) is 0 Å². The molecule has 0 aromatic heterocycles. The molecule has 0 fully saturated rings. The van der Waals surface area contributed by atoms with Crippen LogP contribution in [0.2, 0.25) is 0 Å². The van der Waals surface area contributed by atoms with E-state index in [0.29, 0.717) is 0 Å². The quantitative estimate of drug-likeness (QED) is 0.176. The molecule has 1 aliphatic heterocycles. The van der Waals surface area contributed by atoms with Gasteiger partial charge in [-0.3, -0.25) is 0 Å². The fraction of sp³-hybridized carbons (Fsp3) is 0.0714. The van der Waals surface area contributed by atoms with Crippen molar-refractivity contribution in [3.63, 3.8) is 0 Å². The number of benzene rings is 9. The summed E-state index contributed by atoms with van der Waals surface area (Å²) in [6.45, 7) is 4.75. The van der Waals surface area contributed by atoms with E-state index in [0.717, 1.165) is 11.4 Å². The predicted molar refractivity (Wildman–Crippen MR) is 243 cm³/mol. The zero-order chi connectivity index (χ0) is 38.6. The molecule has 1 atom stereocenters. The maximum atomic E-state index is 2.52. The maximum Gasteiger partial charge on any atom is 0.0736 e. The summed E-state index contributed by atoms with van der Waals surface area (Å²) >= 11 is 1.91. The Hall–Kier alpha value is -6.61. The van der Waals surface area contributed by atoms with Crippen molar-refractivity contribution in [1.29, 1.82) is 0 Å². The summed E-state index contributed by atoms with van der Waals surface area (Å²) in [6.07, 6.45) is 0. The molecule has 58 heavy (non-hydrogen) atoms. The van der Waals surface area contributed by atoms with E-state index in [9.17, 15) is 0 Å². The van der Waals surface area contributed by atoms with E-state index in [2.05, 4.69) is 219 Å². The van der Waals surface area contributed by atoms with Crippen LogP contribution in [-0.2, 0) is 10.8 Å². The number of nitrogens with zero attached hydrogens (tertiary/aromatic N) is 1. The van der Waals surface area contributed by atoms with Crippen molar-refractivity contribution in [1.82, 2.24) is 0 Å². The minimum absolute atomic E-state index is 0.126. The third kappa shape index (κ3) is 4.55. The summed E-state index contributed by atoms with van der Waals surface area (Å²) in [4.78, 5) is 5.10. The SMILES string of the molecule is CC1(C)c2ccccc2-c2ccc(N(c3ccc(-c4ccccc4)cc3)c3cccc4c3Sc3ccccc3C43c4ccccc4-c4c3ccc3ccccc43)cc21. The number of anilines is 3. The van der Waals surface area contributed by atoms with E-state index >= 15 is 0 Å². The molecule has 2 heteroatoms. The standard InChI is InChI=1S/C56H39NS/c1-55(2)45-21-10-8-19-42(45)43-33-32-40(35-50(43)55)57(39-30-27-37(28-31-39)36-15-4-3-5-16-36)51-25-14-24-49-54(51)58-52-26-13-12-23-47(52)56(49)46-22-11-9-20-44(46)53-41-18-7-6-17-38(41)29-34-48(53)56/h3-35H,1-2H3. The third-order valence-electron chi connectivity index (χ3n) is 13.1. The lowest BCUT2D eigenvalue weighted by molar-refractivity contribution is 0.660. The smallest absolute Gasteiger partial charge is 0.0736 e. The van der Waals surface area contributed by atoms with Crippen LogP contribution in [0.1, 0.15) is 47.2 Å². The Morgan fingerprint density at radius 3 is 1.90 bits per heavy atom. The van der Waals surface area contributed by atoms with Gasteiger partial charge in [0, 0.05) is 26.6 Å². The lowest BCUT2D eigenvalue weighted by Crippen LogP contribution is -2.32. The molecule has 1 nitrogen and oxygen atoms in total. The monoisotopic (exact) mass is 757 g/mol. The molecule has 0 radical (unpaired) electrons. The molecule has 3 aliphatic rings. The molecule has 0 amide bonds. The highest BCUT2D eigenvalue weighted by Gasteiger charge is 2.51. The summed E-state index contributed by atoms with van der Waals surface area (Å²) in [6, 6.07) is 74.9. The van der Waals surface area contributed by atoms with Crippen LogP contribution >= 0.6 is 11.8 Å². The molecule has 2 aliphatic carbocycles. The molecule has 9 aromatic carbocycles. The number of rotatable bonds is 4. The molecule has 1 unspecified atom stereocenters. The van der Waals surface area contributed by atoms with Gasteiger partial charge in [-0.25, -0.2) is 0 Å². The van der Waals surface area contributed by atoms with Crippen molar-refractivity contribution in [3.05, 3.63) is 234 Å². The summed E-state index contributed by atoms with van der Waals surface area (Å²) in [5, 5.41) is 2.58. The Morgan fingerprint density at radius 1 is 0.414 bits per heavy atom. The van der Waals surface area contributed by atoms with Crippen molar-refractivity contribution in [2.75, 3.05) is 4.90 Å². The van der Waals surface area contributed by atoms with Crippen molar-refractivity contribution < 1.29 is 0 Å². The summed E-state index contributed by atoms with van der Waals surface area (Å²) in [5.41, 5.74) is 18.7. The summed E-state index contributed by atoms with van der Waals surface area (Å²) in [7, 11) is 0. The molecule has 1 heterocycles. The zero-order valence-corrected chi connectivity index (χ0v) is 33.2. The summed E-state index contributed by atoms with van der Waals surface area (Å²) < 4.78 is 0. The van der Waals surface area contributed by atoms with Crippen LogP contribution in [0.3, 0.4) is 0 Å². The average molecular weight is 758 g/mol. The Morgan fingerprint density at radius 2 is 1.05 bits per heavy atom. The molecule has 0 bridgehead atoms. The Balaban J connectivity index is 1.13. The van der Waals surface area contributed by atoms with Gasteiger partial charge >= 0.3 is 0 Å². The molecule has 9 aromatic rings. The molecule has 12 rings (SSSR count). The average Bonchev–Trinajstić information content (AvgIpc) is 3.70. The second-order valence-corrected chi connectivity index (χ2v) is 17.5. The van der Waals surface area contributed by atoms with Crippen molar-refractivity contribution in [2.45, 2.75) is 34.5 Å². The van der Waals surface area contributed by atoms with Crippen LogP contribution in [0.4, 0.5) is 17.1 Å². The fourth-order valence-electron chi connectivity index (χ4n) is 10.5. The second kappa shape index (κ2) is 12.4. The summed E-state index contributed by atoms with van der Waals surface area (Å²) in [5.74, 6) is 0. The zero-order valence-electron chi connectivity index (χ0n) is 32.4. The van der Waals surface area contributed by atoms with Gasteiger partial charge < -0.3 is 4.90 Å². The molecule has 274 valence electrons. The van der Waals surface area contributed by atoms with E-state index in [1.54, 1.807) is 0 Å². The van der Waals surface area contributed by atoms with Crippen molar-refractivity contribution >= 4 is 39.6 Å². The van der Waals surface area contributed by atoms with Gasteiger partial charge in [0.25, 0.3) is 0 Å². The van der Waals surface area contributed by atoms with Crippen molar-refractivity contribution in [2.24, 2.45) is 0 Å². The molecule has 0 saturated heterocycles. The lowest BCUT2D eigenvalue weighted by atomic mass is 9.67. The molecule has 0 N–H and O–H groups in total. The van der Waals surface area contributed by atoms with Crippen LogP contribution in [0, 0.1) is 0 Å². The lowest BCUT2D eigenvalue weighted by Gasteiger charge is -2.41. The Kier molecular flexibility index (Phi) is 7.19. The van der Waals surface area contributed by atoms with Crippen molar-refractivity contribution in [3.8, 4) is 33.4 Å². The predicted octanol–water partition coefficient (Wildman–Crippen LogP) is 15.1. The highest BCUT2D eigenvalue weighted by Crippen LogP contribution is 2.65. The first kappa shape index (κ1) is 33.5. The van der Waals surface area contributed by atoms with Gasteiger partial charge in [-0.1, -0.05) is 189 Å². The molecule has 1 spiro atoms. The first-order valence-electron chi connectivity index (χ1n) is 20.3. The number of hydrogen-bond acceptors (Lipinski definition) is 2. The van der Waals surface area contributed by atoms with E-state index in [1.165, 1.54) is 93.0 Å². The minimum Gasteiger partial charge on any atom is -0.309 e. The van der Waals surface area contributed by atoms with Gasteiger partial charge in [0.05, 0.1) is 11.1 Å². The Labute approximate surface area is 344 Å². The van der Waals surface area contributed by atoms with Gasteiger partial charge in [0.15, 0.2) is 0 Å². The normalized spacial score (nSPS) is 16.2. The maximum absolute atomic E-state index is 2.52. The topological polar surface area (TPSA) is 3.24 Å². The van der Waals surface area contributed by atoms with Gasteiger partial charge in [0.2, 0.25) is 0 Å². The molecule has 0 saturated carbocycles. The number of hydrogen-bond donors (Lipinski definition) is 0. The Bertz CT molecular complexity index is 3120. The fourth-order valence-corrected chi connectivity index (χ4v) is 11.8. The van der Waals surface area contributed by atoms with Gasteiger partial charge in [-0.05, 0) is 114 Å². The van der Waals surface area contributed by atoms with E-state index in [-0.39, 0.29) is 5.41 Å². The van der Waals surface area contributed by atoms with Crippen LogP contribution in [-0.4, -0.2) is 0 Å².